The van der Waals surface area contributed by atoms with Crippen molar-refractivity contribution in [3.05, 3.63) is 59.2 Å². The molecule has 1 atom stereocenters. The van der Waals surface area contributed by atoms with Gasteiger partial charge in [0.2, 0.25) is 5.91 Å². The lowest BCUT2D eigenvalue weighted by Gasteiger charge is -2.40. The van der Waals surface area contributed by atoms with E-state index >= 15 is 0 Å². The summed E-state index contributed by atoms with van der Waals surface area (Å²) in [6.07, 6.45) is 5.11. The van der Waals surface area contributed by atoms with Crippen molar-refractivity contribution in [1.82, 2.24) is 5.32 Å². The number of methoxy groups -OCH3 is 2. The van der Waals surface area contributed by atoms with Gasteiger partial charge in [0.25, 0.3) is 0 Å². The van der Waals surface area contributed by atoms with Crippen LogP contribution in [0.4, 0.5) is 5.69 Å². The van der Waals surface area contributed by atoms with Gasteiger partial charge in [0.1, 0.15) is 5.66 Å². The number of ether oxygens (including phenoxy) is 2. The van der Waals surface area contributed by atoms with Gasteiger partial charge in [-0.1, -0.05) is 51.1 Å². The molecule has 0 bridgehead atoms. The molecule has 29 heavy (non-hydrogen) atoms. The Kier molecular flexibility index (Phi) is 4.56. The number of benzene rings is 2. The van der Waals surface area contributed by atoms with Gasteiger partial charge >= 0.3 is 0 Å². The normalized spacial score (nSPS) is 21.8. The molecule has 152 valence electrons. The summed E-state index contributed by atoms with van der Waals surface area (Å²) >= 11 is 0. The van der Waals surface area contributed by atoms with Gasteiger partial charge < -0.3 is 19.7 Å². The van der Waals surface area contributed by atoms with E-state index in [0.717, 1.165) is 17.7 Å². The van der Waals surface area contributed by atoms with Gasteiger partial charge in [0.15, 0.2) is 11.5 Å². The Morgan fingerprint density at radius 2 is 1.97 bits per heavy atom. The number of rotatable bonds is 5. The minimum atomic E-state index is -0.632. The van der Waals surface area contributed by atoms with Crippen molar-refractivity contribution in [3.63, 3.8) is 0 Å². The van der Waals surface area contributed by atoms with E-state index in [1.54, 1.807) is 14.2 Å². The first-order valence-electron chi connectivity index (χ1n) is 10.00. The summed E-state index contributed by atoms with van der Waals surface area (Å²) in [5.74, 6) is 1.40. The Bertz CT molecular complexity index is 996. The van der Waals surface area contributed by atoms with Crippen LogP contribution in [-0.2, 0) is 16.6 Å². The number of para-hydroxylation sites is 1. The van der Waals surface area contributed by atoms with Gasteiger partial charge in [0.05, 0.1) is 20.8 Å². The molecule has 2 heterocycles. The quantitative estimate of drug-likeness (QED) is 0.838. The third kappa shape index (κ3) is 2.71. The molecule has 1 amide bonds. The molecular weight excluding hydrogens is 364 g/mol. The van der Waals surface area contributed by atoms with Gasteiger partial charge in [-0.2, -0.15) is 0 Å². The molecule has 0 spiro atoms. The summed E-state index contributed by atoms with van der Waals surface area (Å²) in [5, 5.41) is 3.27. The average Bonchev–Trinajstić information content (AvgIpc) is 3.15. The molecule has 0 saturated carbocycles. The molecule has 1 fully saturated rings. The Morgan fingerprint density at radius 1 is 1.17 bits per heavy atom. The zero-order valence-corrected chi connectivity index (χ0v) is 17.7. The summed E-state index contributed by atoms with van der Waals surface area (Å²) in [7, 11) is 3.27. The van der Waals surface area contributed by atoms with Gasteiger partial charge in [-0.15, -0.1) is 0 Å². The van der Waals surface area contributed by atoms with Gasteiger partial charge in [-0.25, -0.2) is 0 Å². The van der Waals surface area contributed by atoms with E-state index in [1.165, 1.54) is 11.1 Å². The highest BCUT2D eigenvalue weighted by atomic mass is 16.5. The second-order valence-electron chi connectivity index (χ2n) is 8.15. The summed E-state index contributed by atoms with van der Waals surface area (Å²) in [5.41, 5.74) is 3.66. The van der Waals surface area contributed by atoms with Gasteiger partial charge in [0, 0.05) is 16.7 Å². The average molecular weight is 392 g/mol. The number of nitrogens with zero attached hydrogens (tertiary/aromatic N) is 1. The maximum Gasteiger partial charge on any atom is 0.241 e. The molecule has 1 saturated heterocycles. The summed E-state index contributed by atoms with van der Waals surface area (Å²) < 4.78 is 11.0. The highest BCUT2D eigenvalue weighted by Gasteiger charge is 2.59. The fraction of sp³-hybridized carbons (Fsp3) is 0.375. The van der Waals surface area contributed by atoms with E-state index in [0.29, 0.717) is 18.0 Å². The van der Waals surface area contributed by atoms with Gasteiger partial charge in [-0.3, -0.25) is 4.79 Å². The Labute approximate surface area is 172 Å². The molecular formula is C24H28N2O3. The fourth-order valence-electron chi connectivity index (χ4n) is 4.69. The fourth-order valence-corrected chi connectivity index (χ4v) is 4.69. The topological polar surface area (TPSA) is 50.8 Å². The van der Waals surface area contributed by atoms with Crippen molar-refractivity contribution in [1.29, 1.82) is 0 Å². The highest BCUT2D eigenvalue weighted by Crippen LogP contribution is 2.53. The summed E-state index contributed by atoms with van der Waals surface area (Å²) in [6.45, 7) is 6.91. The van der Waals surface area contributed by atoms with Crippen LogP contribution in [0, 0.1) is 0 Å². The molecule has 0 radical (unpaired) electrons. The molecule has 2 aromatic rings. The third-order valence-electron chi connectivity index (χ3n) is 6.38. The second-order valence-corrected chi connectivity index (χ2v) is 8.15. The van der Waals surface area contributed by atoms with Gasteiger partial charge in [-0.05, 0) is 35.8 Å². The lowest BCUT2D eigenvalue weighted by Crippen LogP contribution is -2.58. The maximum atomic E-state index is 12.5. The van der Waals surface area contributed by atoms with Crippen LogP contribution in [0.2, 0.25) is 0 Å². The van der Waals surface area contributed by atoms with Crippen molar-refractivity contribution in [3.8, 4) is 11.5 Å². The van der Waals surface area contributed by atoms with E-state index in [9.17, 15) is 4.79 Å². The van der Waals surface area contributed by atoms with Crippen LogP contribution >= 0.6 is 0 Å². The zero-order valence-electron chi connectivity index (χ0n) is 17.7. The molecule has 1 N–H and O–H groups in total. The molecule has 0 aliphatic carbocycles. The molecule has 2 aliphatic heterocycles. The SMILES string of the molecule is CCc1ccc2c(c1)C(C)(C)[C@@]1(/C=C/c3cccc(OC)c3OC)NC(=O)CN21. The van der Waals surface area contributed by atoms with E-state index in [1.807, 2.05) is 24.3 Å². The second kappa shape index (κ2) is 6.83. The third-order valence-corrected chi connectivity index (χ3v) is 6.38. The van der Waals surface area contributed by atoms with Crippen LogP contribution in [0.15, 0.2) is 42.5 Å². The van der Waals surface area contributed by atoms with Crippen molar-refractivity contribution in [2.24, 2.45) is 0 Å². The Balaban J connectivity index is 1.84. The van der Waals surface area contributed by atoms with Crippen molar-refractivity contribution in [2.75, 3.05) is 25.7 Å². The van der Waals surface area contributed by atoms with Crippen LogP contribution in [0.25, 0.3) is 6.08 Å². The van der Waals surface area contributed by atoms with Crippen LogP contribution in [0.1, 0.15) is 37.5 Å². The van der Waals surface area contributed by atoms with E-state index in [-0.39, 0.29) is 11.3 Å². The number of hydrogen-bond acceptors (Lipinski definition) is 4. The predicted octanol–water partition coefficient (Wildman–Crippen LogP) is 3.90. The Hall–Kier alpha value is -2.95. The Morgan fingerprint density at radius 3 is 2.66 bits per heavy atom. The number of fused-ring (bicyclic) bond motifs is 3. The first-order valence-corrected chi connectivity index (χ1v) is 10.00. The minimum absolute atomic E-state index is 0.0329. The first-order chi connectivity index (χ1) is 13.9. The number of anilines is 1. The zero-order chi connectivity index (χ0) is 20.8. The van der Waals surface area contributed by atoms with Crippen molar-refractivity contribution in [2.45, 2.75) is 38.3 Å². The lowest BCUT2D eigenvalue weighted by molar-refractivity contribution is -0.118. The number of nitrogens with one attached hydrogen (secondary N) is 1. The van der Waals surface area contributed by atoms with E-state index in [4.69, 9.17) is 9.47 Å². The van der Waals surface area contributed by atoms with Crippen molar-refractivity contribution < 1.29 is 14.3 Å². The van der Waals surface area contributed by atoms with E-state index < -0.39 is 5.66 Å². The number of carbonyl (C=O) groups is 1. The molecule has 2 aliphatic rings. The summed E-state index contributed by atoms with van der Waals surface area (Å²) in [4.78, 5) is 14.7. The number of amides is 1. The first kappa shape index (κ1) is 19.4. The van der Waals surface area contributed by atoms with Crippen LogP contribution in [0.5, 0.6) is 11.5 Å². The maximum absolute atomic E-state index is 12.5. The molecule has 0 aromatic heterocycles. The lowest BCUT2D eigenvalue weighted by atomic mass is 9.75. The number of hydrogen-bond donors (Lipinski definition) is 1. The number of carbonyl (C=O) groups excluding carboxylic acids is 1. The molecule has 0 unspecified atom stereocenters. The molecule has 2 aromatic carbocycles. The molecule has 4 rings (SSSR count). The van der Waals surface area contributed by atoms with Crippen LogP contribution < -0.4 is 19.7 Å². The molecule has 5 nitrogen and oxygen atoms in total. The van der Waals surface area contributed by atoms with Crippen LogP contribution in [0.3, 0.4) is 0 Å². The van der Waals surface area contributed by atoms with Crippen LogP contribution in [-0.4, -0.2) is 32.3 Å². The monoisotopic (exact) mass is 392 g/mol. The van der Waals surface area contributed by atoms with Crippen molar-refractivity contribution >= 4 is 17.7 Å². The molecule has 5 heteroatoms. The number of aryl methyl sites for hydroxylation is 1. The summed E-state index contributed by atoms with van der Waals surface area (Å²) in [6, 6.07) is 12.4. The highest BCUT2D eigenvalue weighted by molar-refractivity contribution is 5.91. The smallest absolute Gasteiger partial charge is 0.241 e. The minimum Gasteiger partial charge on any atom is -0.493 e. The largest absolute Gasteiger partial charge is 0.493 e. The standard InChI is InChI=1S/C24H28N2O3/c1-6-16-10-11-19-18(14-16)23(2,3)24(25-21(27)15-26(19)24)13-12-17-8-7-9-20(28-4)22(17)29-5/h7-14H,6,15H2,1-5H3,(H,25,27)/b13-12+/t24-/m0/s1. The van der Waals surface area contributed by atoms with E-state index in [2.05, 4.69) is 55.3 Å². The predicted molar refractivity (Wildman–Crippen MR) is 116 cm³/mol.